The number of thiocarbonyl (C=S) groups is 2. The van der Waals surface area contributed by atoms with E-state index in [2.05, 4.69) is 28.4 Å². The van der Waals surface area contributed by atoms with Crippen LogP contribution >= 0.6 is 24.4 Å². The Hall–Kier alpha value is -1.47. The quantitative estimate of drug-likeness (QED) is 0.389. The van der Waals surface area contributed by atoms with E-state index >= 15 is 0 Å². The standard InChI is InChI=1S/C12H17FN4S2/c1-2-3-8-14-11(18)16-17-12(19)15-10-7-5-4-6-9(10)13/h4-7H,2-3,8H2,1H3,(H2,14,16,18)(H2,15,17,19). The maximum absolute atomic E-state index is 13.3. The highest BCUT2D eigenvalue weighted by atomic mass is 32.1. The van der Waals surface area contributed by atoms with E-state index in [4.69, 9.17) is 24.4 Å². The molecule has 19 heavy (non-hydrogen) atoms. The average Bonchev–Trinajstić information content (AvgIpc) is 2.39. The molecule has 0 saturated carbocycles. The van der Waals surface area contributed by atoms with Gasteiger partial charge in [-0.2, -0.15) is 0 Å². The van der Waals surface area contributed by atoms with E-state index in [0.717, 1.165) is 19.4 Å². The summed E-state index contributed by atoms with van der Waals surface area (Å²) in [6.45, 7) is 2.90. The van der Waals surface area contributed by atoms with Crippen molar-refractivity contribution < 1.29 is 4.39 Å². The molecule has 0 saturated heterocycles. The predicted molar refractivity (Wildman–Crippen MR) is 84.4 cm³/mol. The highest BCUT2D eigenvalue weighted by Crippen LogP contribution is 2.11. The van der Waals surface area contributed by atoms with Gasteiger partial charge in [0.05, 0.1) is 5.69 Å². The van der Waals surface area contributed by atoms with Crippen molar-refractivity contribution in [2.24, 2.45) is 0 Å². The van der Waals surface area contributed by atoms with E-state index < -0.39 is 0 Å². The van der Waals surface area contributed by atoms with Gasteiger partial charge in [-0.25, -0.2) is 4.39 Å². The first-order valence-electron chi connectivity index (χ1n) is 5.99. The maximum atomic E-state index is 13.3. The number of halogens is 1. The lowest BCUT2D eigenvalue weighted by Crippen LogP contribution is -2.48. The Morgan fingerprint density at radius 1 is 1.16 bits per heavy atom. The lowest BCUT2D eigenvalue weighted by molar-refractivity contribution is 0.632. The van der Waals surface area contributed by atoms with Crippen molar-refractivity contribution in [2.75, 3.05) is 11.9 Å². The fourth-order valence-electron chi connectivity index (χ4n) is 1.25. The topological polar surface area (TPSA) is 48.1 Å². The minimum atomic E-state index is -0.365. The van der Waals surface area contributed by atoms with E-state index in [0.29, 0.717) is 10.8 Å². The zero-order valence-corrected chi connectivity index (χ0v) is 12.3. The van der Waals surface area contributed by atoms with Crippen LogP contribution in [0, 0.1) is 5.82 Å². The van der Waals surface area contributed by atoms with Crippen LogP contribution in [-0.4, -0.2) is 16.8 Å². The number of unbranched alkanes of at least 4 members (excludes halogenated alkanes) is 1. The first-order valence-corrected chi connectivity index (χ1v) is 6.80. The number of rotatable bonds is 4. The molecule has 104 valence electrons. The molecule has 0 fully saturated rings. The summed E-state index contributed by atoms with van der Waals surface area (Å²) in [7, 11) is 0. The van der Waals surface area contributed by atoms with Crippen molar-refractivity contribution in [1.82, 2.24) is 16.2 Å². The molecular formula is C12H17FN4S2. The van der Waals surface area contributed by atoms with Gasteiger partial charge in [0.15, 0.2) is 10.2 Å². The molecule has 0 radical (unpaired) electrons. The minimum absolute atomic E-state index is 0.241. The summed E-state index contributed by atoms with van der Waals surface area (Å²) in [6, 6.07) is 6.29. The lowest BCUT2D eigenvalue weighted by atomic mass is 10.3. The Morgan fingerprint density at radius 3 is 2.53 bits per heavy atom. The molecule has 1 aromatic rings. The number of hydrazine groups is 1. The molecule has 0 unspecified atom stereocenters. The van der Waals surface area contributed by atoms with Crippen LogP contribution in [0.3, 0.4) is 0 Å². The molecule has 1 rings (SSSR count). The van der Waals surface area contributed by atoms with Crippen molar-refractivity contribution in [1.29, 1.82) is 0 Å². The summed E-state index contributed by atoms with van der Waals surface area (Å²) in [5.74, 6) is -0.365. The molecule has 0 atom stereocenters. The largest absolute Gasteiger partial charge is 0.361 e. The maximum Gasteiger partial charge on any atom is 0.189 e. The minimum Gasteiger partial charge on any atom is -0.361 e. The number of benzene rings is 1. The van der Waals surface area contributed by atoms with Crippen LogP contribution in [0.5, 0.6) is 0 Å². The van der Waals surface area contributed by atoms with E-state index in [1.807, 2.05) is 0 Å². The van der Waals surface area contributed by atoms with E-state index in [9.17, 15) is 4.39 Å². The summed E-state index contributed by atoms with van der Waals surface area (Å²) in [6.07, 6.45) is 2.13. The molecule has 0 aliphatic heterocycles. The van der Waals surface area contributed by atoms with E-state index in [-0.39, 0.29) is 10.9 Å². The molecule has 0 amide bonds. The van der Waals surface area contributed by atoms with E-state index in [1.54, 1.807) is 18.2 Å². The molecule has 0 heterocycles. The van der Waals surface area contributed by atoms with Gasteiger partial charge < -0.3 is 10.6 Å². The Bertz CT molecular complexity index is 439. The van der Waals surface area contributed by atoms with Crippen LogP contribution in [0.15, 0.2) is 24.3 Å². The predicted octanol–water partition coefficient (Wildman–Crippen LogP) is 2.29. The number of anilines is 1. The van der Waals surface area contributed by atoms with Gasteiger partial charge in [0.25, 0.3) is 0 Å². The van der Waals surface area contributed by atoms with Crippen molar-refractivity contribution in [3.8, 4) is 0 Å². The van der Waals surface area contributed by atoms with Crippen LogP contribution in [0.2, 0.25) is 0 Å². The second-order valence-electron chi connectivity index (χ2n) is 3.79. The van der Waals surface area contributed by atoms with Crippen LogP contribution in [0.4, 0.5) is 10.1 Å². The number of nitrogens with one attached hydrogen (secondary N) is 4. The molecule has 0 aromatic heterocycles. The number of para-hydroxylation sites is 1. The van der Waals surface area contributed by atoms with Crippen molar-refractivity contribution in [3.05, 3.63) is 30.1 Å². The Morgan fingerprint density at radius 2 is 1.84 bits per heavy atom. The van der Waals surface area contributed by atoms with Gasteiger partial charge in [-0.1, -0.05) is 25.5 Å². The van der Waals surface area contributed by atoms with Crippen LogP contribution < -0.4 is 21.5 Å². The van der Waals surface area contributed by atoms with Gasteiger partial charge in [0.2, 0.25) is 0 Å². The van der Waals surface area contributed by atoms with Crippen molar-refractivity contribution in [3.63, 3.8) is 0 Å². The average molecular weight is 300 g/mol. The summed E-state index contributed by atoms with van der Waals surface area (Å²) < 4.78 is 13.3. The van der Waals surface area contributed by atoms with Crippen LogP contribution in [0.1, 0.15) is 19.8 Å². The summed E-state index contributed by atoms with van der Waals surface area (Å²) in [4.78, 5) is 0. The first-order chi connectivity index (χ1) is 9.13. The number of hydrogen-bond acceptors (Lipinski definition) is 2. The smallest absolute Gasteiger partial charge is 0.189 e. The first kappa shape index (κ1) is 15.6. The van der Waals surface area contributed by atoms with Crippen molar-refractivity contribution in [2.45, 2.75) is 19.8 Å². The van der Waals surface area contributed by atoms with Crippen LogP contribution in [-0.2, 0) is 0 Å². The zero-order valence-electron chi connectivity index (χ0n) is 10.6. The number of hydrogen-bond donors (Lipinski definition) is 4. The summed E-state index contributed by atoms with van der Waals surface area (Å²) >= 11 is 10.0. The molecule has 7 heteroatoms. The Labute approximate surface area is 123 Å². The molecule has 0 aliphatic carbocycles. The van der Waals surface area contributed by atoms with Gasteiger partial charge in [0.1, 0.15) is 5.82 Å². The second-order valence-corrected chi connectivity index (χ2v) is 4.61. The highest BCUT2D eigenvalue weighted by Gasteiger charge is 2.02. The molecule has 4 N–H and O–H groups in total. The molecule has 0 bridgehead atoms. The van der Waals surface area contributed by atoms with Gasteiger partial charge in [-0.3, -0.25) is 10.9 Å². The zero-order chi connectivity index (χ0) is 14.1. The molecule has 4 nitrogen and oxygen atoms in total. The third-order valence-electron chi connectivity index (χ3n) is 2.23. The fourth-order valence-corrected chi connectivity index (χ4v) is 1.57. The van der Waals surface area contributed by atoms with Gasteiger partial charge in [0, 0.05) is 6.54 Å². The molecular weight excluding hydrogens is 283 g/mol. The van der Waals surface area contributed by atoms with Crippen LogP contribution in [0.25, 0.3) is 0 Å². The van der Waals surface area contributed by atoms with Gasteiger partial charge in [-0.05, 0) is 43.0 Å². The second kappa shape index (κ2) is 8.60. The van der Waals surface area contributed by atoms with Gasteiger partial charge in [-0.15, -0.1) is 0 Å². The summed E-state index contributed by atoms with van der Waals surface area (Å²) in [5, 5.41) is 6.43. The van der Waals surface area contributed by atoms with Gasteiger partial charge >= 0.3 is 0 Å². The monoisotopic (exact) mass is 300 g/mol. The molecule has 0 aliphatic rings. The highest BCUT2D eigenvalue weighted by molar-refractivity contribution is 7.80. The fraction of sp³-hybridized carbons (Fsp3) is 0.333. The SMILES string of the molecule is CCCCNC(=S)NNC(=S)Nc1ccccc1F. The normalized spacial score (nSPS) is 9.58. The molecule has 1 aromatic carbocycles. The Kier molecular flexibility index (Phi) is 7.06. The third-order valence-corrected chi connectivity index (χ3v) is 2.68. The van der Waals surface area contributed by atoms with E-state index in [1.165, 1.54) is 6.07 Å². The van der Waals surface area contributed by atoms with Crippen molar-refractivity contribution >= 4 is 40.3 Å². The summed E-state index contributed by atoms with van der Waals surface area (Å²) in [5.41, 5.74) is 5.72. The lowest BCUT2D eigenvalue weighted by Gasteiger charge is -2.14. The molecule has 0 spiro atoms. The Balaban J connectivity index is 2.28. The third kappa shape index (κ3) is 6.30.